The van der Waals surface area contributed by atoms with Gasteiger partial charge in [-0.3, -0.25) is 19.3 Å². The summed E-state index contributed by atoms with van der Waals surface area (Å²) in [7, 11) is 0. The number of unbranched alkanes of at least 4 members (excludes halogenated alkanes) is 37. The summed E-state index contributed by atoms with van der Waals surface area (Å²) in [5.41, 5.74) is 5.54. The Morgan fingerprint density at radius 3 is 1.14 bits per heavy atom. The van der Waals surface area contributed by atoms with E-state index < -0.39 is 29.8 Å². The van der Waals surface area contributed by atoms with Gasteiger partial charge in [0, 0.05) is 25.9 Å². The van der Waals surface area contributed by atoms with Crippen LogP contribution >= 0.6 is 0 Å². The van der Waals surface area contributed by atoms with Gasteiger partial charge in [-0.25, -0.2) is 0 Å². The third-order valence-electron chi connectivity index (χ3n) is 13.6. The molecule has 0 aliphatic heterocycles. The van der Waals surface area contributed by atoms with E-state index in [0.29, 0.717) is 45.3 Å². The number of rotatable bonds is 53. The molecule has 0 fully saturated rings. The molecule has 69 heavy (non-hydrogen) atoms. The summed E-state index contributed by atoms with van der Waals surface area (Å²) in [6.07, 6.45) is 51.1. The Balaban J connectivity index is 4.59. The molecule has 0 aromatic rings. The fourth-order valence-corrected chi connectivity index (χ4v) is 9.44. The first-order valence-corrected chi connectivity index (χ1v) is 30.1. The molecule has 0 saturated carbocycles. The SMILES string of the molecule is CCCCCCCCCCCCCCCCCCCCCC(=O)OCC(CN(CCCCC(N)C(=O)OC(C)(C)C)CC(C)O)OC(=O)CCCCCCCCCCCCCCCCCCCCC. The van der Waals surface area contributed by atoms with Crippen molar-refractivity contribution in [3.63, 3.8) is 0 Å². The van der Waals surface area contributed by atoms with Crippen LogP contribution in [0.25, 0.3) is 0 Å². The average molecular weight is 980 g/mol. The Morgan fingerprint density at radius 1 is 0.478 bits per heavy atom. The topological polar surface area (TPSA) is 128 Å². The molecule has 9 nitrogen and oxygen atoms in total. The summed E-state index contributed by atoms with van der Waals surface area (Å²) in [5.74, 6) is -0.912. The maximum Gasteiger partial charge on any atom is 0.323 e. The smallest absolute Gasteiger partial charge is 0.323 e. The highest BCUT2D eigenvalue weighted by molar-refractivity contribution is 5.75. The number of nitrogens with two attached hydrogens (primary N) is 1. The van der Waals surface area contributed by atoms with Crippen LogP contribution < -0.4 is 5.73 Å². The first-order valence-electron chi connectivity index (χ1n) is 30.1. The maximum atomic E-state index is 13.2. The lowest BCUT2D eigenvalue weighted by Gasteiger charge is -2.28. The van der Waals surface area contributed by atoms with E-state index in [1.54, 1.807) is 6.92 Å². The van der Waals surface area contributed by atoms with Gasteiger partial charge in [0.1, 0.15) is 24.4 Å². The molecule has 0 aliphatic carbocycles. The Kier molecular flexibility index (Phi) is 48.6. The van der Waals surface area contributed by atoms with Crippen molar-refractivity contribution in [2.45, 2.75) is 341 Å². The molecule has 3 atom stereocenters. The van der Waals surface area contributed by atoms with Crippen molar-refractivity contribution in [2.75, 3.05) is 26.2 Å². The second kappa shape index (κ2) is 49.9. The van der Waals surface area contributed by atoms with Crippen molar-refractivity contribution in [2.24, 2.45) is 5.73 Å². The highest BCUT2D eigenvalue weighted by Gasteiger charge is 2.24. The molecule has 0 aromatic heterocycles. The molecule has 0 saturated heterocycles. The molecule has 0 amide bonds. The maximum absolute atomic E-state index is 13.2. The van der Waals surface area contributed by atoms with Gasteiger partial charge >= 0.3 is 17.9 Å². The van der Waals surface area contributed by atoms with E-state index in [-0.39, 0.29) is 18.5 Å². The minimum atomic E-state index is -0.694. The molecule has 0 spiro atoms. The lowest BCUT2D eigenvalue weighted by atomic mass is 10.0. The minimum absolute atomic E-state index is 0.00270. The van der Waals surface area contributed by atoms with E-state index in [2.05, 4.69) is 18.7 Å². The molecule has 9 heteroatoms. The third-order valence-corrected chi connectivity index (χ3v) is 13.6. The molecule has 3 N–H and O–H groups in total. The van der Waals surface area contributed by atoms with Crippen molar-refractivity contribution in [1.29, 1.82) is 0 Å². The van der Waals surface area contributed by atoms with Crippen LogP contribution in [-0.2, 0) is 28.6 Å². The Bertz CT molecular complexity index is 1130. The number of esters is 3. The highest BCUT2D eigenvalue weighted by atomic mass is 16.6. The normalized spacial score (nSPS) is 13.2. The van der Waals surface area contributed by atoms with Crippen LogP contribution in [0.15, 0.2) is 0 Å². The van der Waals surface area contributed by atoms with E-state index in [9.17, 15) is 19.5 Å². The standard InChI is InChI=1S/C60H118N2O7/c1-7-9-11-13-15-17-19-21-23-25-27-29-31-33-35-37-39-41-43-48-57(64)67-53-55(52-62(51-54(3)63)50-46-45-47-56(61)59(66)69-60(4,5)6)68-58(65)49-44-42-40-38-36-34-32-30-28-26-24-22-20-18-16-14-12-10-8-2/h54-56,63H,7-53,61H2,1-6H3. The average Bonchev–Trinajstić information content (AvgIpc) is 3.30. The zero-order chi connectivity index (χ0) is 50.9. The van der Waals surface area contributed by atoms with Crippen molar-refractivity contribution >= 4 is 17.9 Å². The summed E-state index contributed by atoms with van der Waals surface area (Å²) in [5, 5.41) is 10.4. The van der Waals surface area contributed by atoms with Crippen LogP contribution in [0.3, 0.4) is 0 Å². The first kappa shape index (κ1) is 67.3. The monoisotopic (exact) mass is 979 g/mol. The Morgan fingerprint density at radius 2 is 0.812 bits per heavy atom. The van der Waals surface area contributed by atoms with Crippen molar-refractivity contribution in [3.8, 4) is 0 Å². The number of carbonyl (C=O) groups is 3. The third kappa shape index (κ3) is 51.0. The van der Waals surface area contributed by atoms with Crippen LogP contribution in [0, 0.1) is 0 Å². The van der Waals surface area contributed by atoms with Gasteiger partial charge in [0.05, 0.1) is 6.10 Å². The van der Waals surface area contributed by atoms with E-state index in [4.69, 9.17) is 19.9 Å². The van der Waals surface area contributed by atoms with E-state index in [1.807, 2.05) is 20.8 Å². The molecule has 0 aliphatic rings. The van der Waals surface area contributed by atoms with Crippen molar-refractivity contribution in [3.05, 3.63) is 0 Å². The number of ether oxygens (including phenoxy) is 3. The van der Waals surface area contributed by atoms with Gasteiger partial charge in [0.25, 0.3) is 0 Å². The highest BCUT2D eigenvalue weighted by Crippen LogP contribution is 2.18. The molecule has 410 valence electrons. The van der Waals surface area contributed by atoms with Gasteiger partial charge < -0.3 is 25.1 Å². The number of aliphatic hydroxyl groups is 1. The van der Waals surface area contributed by atoms with Crippen molar-refractivity contribution < 1.29 is 33.7 Å². The lowest BCUT2D eigenvalue weighted by molar-refractivity contribution is -0.160. The summed E-state index contributed by atoms with van der Waals surface area (Å²) in [4.78, 5) is 40.5. The second-order valence-corrected chi connectivity index (χ2v) is 22.3. The molecule has 3 unspecified atom stereocenters. The summed E-state index contributed by atoms with van der Waals surface area (Å²) >= 11 is 0. The van der Waals surface area contributed by atoms with Gasteiger partial charge in [0.15, 0.2) is 0 Å². The fraction of sp³-hybridized carbons (Fsp3) is 0.950. The predicted octanol–water partition coefficient (Wildman–Crippen LogP) is 16.6. The van der Waals surface area contributed by atoms with Crippen LogP contribution in [-0.4, -0.2) is 78.0 Å². The molecular formula is C60H118N2O7. The summed E-state index contributed by atoms with van der Waals surface area (Å²) < 4.78 is 17.2. The van der Waals surface area contributed by atoms with Crippen molar-refractivity contribution in [1.82, 2.24) is 4.90 Å². The van der Waals surface area contributed by atoms with Gasteiger partial charge in [-0.2, -0.15) is 0 Å². The fourth-order valence-electron chi connectivity index (χ4n) is 9.44. The van der Waals surface area contributed by atoms with Gasteiger partial charge in [-0.1, -0.05) is 251 Å². The lowest BCUT2D eigenvalue weighted by Crippen LogP contribution is -2.42. The molecule has 0 bridgehead atoms. The summed E-state index contributed by atoms with van der Waals surface area (Å²) in [6, 6.07) is -0.694. The Hall–Kier alpha value is -1.71. The van der Waals surface area contributed by atoms with Crippen LogP contribution in [0.2, 0.25) is 0 Å². The van der Waals surface area contributed by atoms with Gasteiger partial charge in [0.2, 0.25) is 0 Å². The van der Waals surface area contributed by atoms with Crippen LogP contribution in [0.4, 0.5) is 0 Å². The number of aliphatic hydroxyl groups excluding tert-OH is 1. The number of hydrogen-bond acceptors (Lipinski definition) is 9. The molecular weight excluding hydrogens is 861 g/mol. The van der Waals surface area contributed by atoms with E-state index in [0.717, 1.165) is 44.9 Å². The van der Waals surface area contributed by atoms with E-state index >= 15 is 0 Å². The van der Waals surface area contributed by atoms with Crippen LogP contribution in [0.5, 0.6) is 0 Å². The zero-order valence-electron chi connectivity index (χ0n) is 46.9. The van der Waals surface area contributed by atoms with Gasteiger partial charge in [-0.15, -0.1) is 0 Å². The second-order valence-electron chi connectivity index (χ2n) is 22.3. The van der Waals surface area contributed by atoms with Crippen LogP contribution in [0.1, 0.15) is 318 Å². The number of nitrogens with zero attached hydrogens (tertiary/aromatic N) is 1. The molecule has 0 rings (SSSR count). The summed E-state index contributed by atoms with van der Waals surface area (Å²) in [6.45, 7) is 13.2. The quantitative estimate of drug-likeness (QED) is 0.0348. The zero-order valence-corrected chi connectivity index (χ0v) is 46.9. The molecule has 0 aromatic carbocycles. The minimum Gasteiger partial charge on any atom is -0.462 e. The number of hydrogen-bond donors (Lipinski definition) is 2. The van der Waals surface area contributed by atoms with Gasteiger partial charge in [-0.05, 0) is 59.9 Å². The molecule has 0 heterocycles. The number of carbonyl (C=O) groups excluding carboxylic acids is 3. The largest absolute Gasteiger partial charge is 0.462 e. The Labute approximate surface area is 428 Å². The van der Waals surface area contributed by atoms with E-state index in [1.165, 1.54) is 205 Å². The first-order chi connectivity index (χ1) is 33.4. The predicted molar refractivity (Wildman–Crippen MR) is 293 cm³/mol. The molecule has 0 radical (unpaired) electrons.